The molecular formula is C19H23N3O3S. The first-order chi connectivity index (χ1) is 12.5. The average molecular weight is 373 g/mol. The highest BCUT2D eigenvalue weighted by atomic mass is 32.1. The van der Waals surface area contributed by atoms with Crippen LogP contribution < -0.4 is 15.0 Å². The second kappa shape index (κ2) is 8.31. The molecule has 2 heterocycles. The van der Waals surface area contributed by atoms with Gasteiger partial charge in [0.05, 0.1) is 18.7 Å². The Morgan fingerprint density at radius 2 is 2.23 bits per heavy atom. The third-order valence-electron chi connectivity index (χ3n) is 4.20. The standard InChI is InChI=1S/C19H23N3O3S/c1-13-5-6-16(14(2)10-13)25-9-7-20-17(23)11-15-12-26-19(21-15)22-8-3-4-18(22)24/h5-6,10,12H,3-4,7-9,11H2,1-2H3,(H,20,23). The lowest BCUT2D eigenvalue weighted by Crippen LogP contribution is -2.29. The van der Waals surface area contributed by atoms with Crippen molar-refractivity contribution in [3.05, 3.63) is 40.4 Å². The van der Waals surface area contributed by atoms with Gasteiger partial charge < -0.3 is 10.1 Å². The predicted octanol–water partition coefficient (Wildman–Crippen LogP) is 2.62. The minimum Gasteiger partial charge on any atom is -0.491 e. The Balaban J connectivity index is 1.41. The van der Waals surface area contributed by atoms with Crippen molar-refractivity contribution in [2.24, 2.45) is 0 Å². The third-order valence-corrected chi connectivity index (χ3v) is 5.11. The van der Waals surface area contributed by atoms with Crippen molar-refractivity contribution in [1.82, 2.24) is 10.3 Å². The van der Waals surface area contributed by atoms with Crippen molar-refractivity contribution < 1.29 is 14.3 Å². The zero-order chi connectivity index (χ0) is 18.5. The molecule has 2 aromatic rings. The summed E-state index contributed by atoms with van der Waals surface area (Å²) in [6.45, 7) is 5.62. The van der Waals surface area contributed by atoms with Crippen molar-refractivity contribution in [2.45, 2.75) is 33.1 Å². The van der Waals surface area contributed by atoms with E-state index in [9.17, 15) is 9.59 Å². The molecule has 0 spiro atoms. The van der Waals surface area contributed by atoms with Crippen molar-refractivity contribution in [2.75, 3.05) is 24.6 Å². The SMILES string of the molecule is Cc1ccc(OCCNC(=O)Cc2csc(N3CCCC3=O)n2)c(C)c1. The van der Waals surface area contributed by atoms with Gasteiger partial charge in [0, 0.05) is 18.3 Å². The molecule has 26 heavy (non-hydrogen) atoms. The third kappa shape index (κ3) is 4.60. The van der Waals surface area contributed by atoms with E-state index in [1.807, 2.05) is 31.4 Å². The number of ether oxygens (including phenoxy) is 1. The van der Waals surface area contributed by atoms with Gasteiger partial charge in [0.25, 0.3) is 0 Å². The smallest absolute Gasteiger partial charge is 0.228 e. The molecule has 1 N–H and O–H groups in total. The summed E-state index contributed by atoms with van der Waals surface area (Å²) in [4.78, 5) is 29.9. The monoisotopic (exact) mass is 373 g/mol. The molecule has 7 heteroatoms. The molecule has 1 fully saturated rings. The van der Waals surface area contributed by atoms with Crippen LogP contribution in [-0.2, 0) is 16.0 Å². The molecule has 0 bridgehead atoms. The molecule has 0 aliphatic carbocycles. The van der Waals surface area contributed by atoms with E-state index in [2.05, 4.69) is 16.4 Å². The van der Waals surface area contributed by atoms with E-state index in [1.165, 1.54) is 16.9 Å². The number of thiazole rings is 1. The summed E-state index contributed by atoms with van der Waals surface area (Å²) >= 11 is 1.41. The van der Waals surface area contributed by atoms with E-state index < -0.39 is 0 Å². The summed E-state index contributed by atoms with van der Waals surface area (Å²) < 4.78 is 5.70. The normalized spacial score (nSPS) is 13.9. The van der Waals surface area contributed by atoms with E-state index in [1.54, 1.807) is 4.90 Å². The fourth-order valence-corrected chi connectivity index (χ4v) is 3.76. The fraction of sp³-hybridized carbons (Fsp3) is 0.421. The highest BCUT2D eigenvalue weighted by Crippen LogP contribution is 2.25. The molecule has 1 saturated heterocycles. The summed E-state index contributed by atoms with van der Waals surface area (Å²) in [5.41, 5.74) is 2.97. The Kier molecular flexibility index (Phi) is 5.88. The summed E-state index contributed by atoms with van der Waals surface area (Å²) in [6.07, 6.45) is 1.66. The van der Waals surface area contributed by atoms with Crippen LogP contribution >= 0.6 is 11.3 Å². The van der Waals surface area contributed by atoms with Gasteiger partial charge in [-0.15, -0.1) is 11.3 Å². The van der Waals surface area contributed by atoms with Gasteiger partial charge in [-0.05, 0) is 31.9 Å². The van der Waals surface area contributed by atoms with Gasteiger partial charge in [-0.25, -0.2) is 4.98 Å². The highest BCUT2D eigenvalue weighted by Gasteiger charge is 2.24. The lowest BCUT2D eigenvalue weighted by atomic mass is 10.1. The lowest BCUT2D eigenvalue weighted by molar-refractivity contribution is -0.120. The highest BCUT2D eigenvalue weighted by molar-refractivity contribution is 7.14. The minimum absolute atomic E-state index is 0.0983. The zero-order valence-corrected chi connectivity index (χ0v) is 15.9. The van der Waals surface area contributed by atoms with Crippen LogP contribution in [0, 0.1) is 13.8 Å². The van der Waals surface area contributed by atoms with Crippen LogP contribution in [0.1, 0.15) is 29.7 Å². The van der Waals surface area contributed by atoms with Crippen molar-refractivity contribution >= 4 is 28.3 Å². The fourth-order valence-electron chi connectivity index (χ4n) is 2.89. The number of carbonyl (C=O) groups excluding carboxylic acids is 2. The Morgan fingerprint density at radius 1 is 1.38 bits per heavy atom. The van der Waals surface area contributed by atoms with Crippen LogP contribution in [0.4, 0.5) is 5.13 Å². The van der Waals surface area contributed by atoms with E-state index in [4.69, 9.17) is 4.74 Å². The van der Waals surface area contributed by atoms with Gasteiger partial charge >= 0.3 is 0 Å². The molecule has 2 amide bonds. The van der Waals surface area contributed by atoms with E-state index in [0.29, 0.717) is 36.9 Å². The predicted molar refractivity (Wildman–Crippen MR) is 102 cm³/mol. The molecular weight excluding hydrogens is 350 g/mol. The summed E-state index contributed by atoms with van der Waals surface area (Å²) in [6, 6.07) is 6.02. The molecule has 1 aliphatic heterocycles. The van der Waals surface area contributed by atoms with Gasteiger partial charge in [0.2, 0.25) is 11.8 Å². The van der Waals surface area contributed by atoms with Gasteiger partial charge in [-0.1, -0.05) is 17.7 Å². The van der Waals surface area contributed by atoms with E-state index in [-0.39, 0.29) is 18.2 Å². The maximum Gasteiger partial charge on any atom is 0.228 e. The van der Waals surface area contributed by atoms with Gasteiger partial charge in [-0.2, -0.15) is 0 Å². The maximum absolute atomic E-state index is 12.0. The average Bonchev–Trinajstić information content (AvgIpc) is 3.22. The molecule has 6 nitrogen and oxygen atoms in total. The first kappa shape index (κ1) is 18.4. The summed E-state index contributed by atoms with van der Waals surface area (Å²) in [7, 11) is 0. The first-order valence-electron chi connectivity index (χ1n) is 8.74. The number of hydrogen-bond donors (Lipinski definition) is 1. The first-order valence-corrected chi connectivity index (χ1v) is 9.62. The van der Waals surface area contributed by atoms with Crippen LogP contribution in [0.2, 0.25) is 0 Å². The summed E-state index contributed by atoms with van der Waals surface area (Å²) in [5.74, 6) is 0.849. The number of rotatable bonds is 7. The van der Waals surface area contributed by atoms with Gasteiger partial charge in [0.15, 0.2) is 5.13 Å². The molecule has 1 aliphatic rings. The number of nitrogens with one attached hydrogen (secondary N) is 1. The molecule has 0 unspecified atom stereocenters. The van der Waals surface area contributed by atoms with E-state index >= 15 is 0 Å². The molecule has 3 rings (SSSR count). The molecule has 0 atom stereocenters. The number of amides is 2. The topological polar surface area (TPSA) is 71.5 Å². The van der Waals surface area contributed by atoms with Crippen LogP contribution in [0.15, 0.2) is 23.6 Å². The number of hydrogen-bond acceptors (Lipinski definition) is 5. The summed E-state index contributed by atoms with van der Waals surface area (Å²) in [5, 5.41) is 5.37. The van der Waals surface area contributed by atoms with Crippen molar-refractivity contribution in [3.8, 4) is 5.75 Å². The second-order valence-corrected chi connectivity index (χ2v) is 7.25. The zero-order valence-electron chi connectivity index (χ0n) is 15.1. The number of carbonyl (C=O) groups is 2. The number of nitrogens with zero attached hydrogens (tertiary/aromatic N) is 2. The Morgan fingerprint density at radius 3 is 2.96 bits per heavy atom. The van der Waals surface area contributed by atoms with Crippen LogP contribution in [0.25, 0.3) is 0 Å². The Hall–Kier alpha value is -2.41. The largest absolute Gasteiger partial charge is 0.491 e. The number of anilines is 1. The van der Waals surface area contributed by atoms with Crippen molar-refractivity contribution in [3.63, 3.8) is 0 Å². The van der Waals surface area contributed by atoms with Crippen LogP contribution in [0.3, 0.4) is 0 Å². The van der Waals surface area contributed by atoms with Gasteiger partial charge in [-0.3, -0.25) is 14.5 Å². The maximum atomic E-state index is 12.0. The van der Waals surface area contributed by atoms with Gasteiger partial charge in [0.1, 0.15) is 12.4 Å². The van der Waals surface area contributed by atoms with Crippen LogP contribution in [0.5, 0.6) is 5.75 Å². The molecule has 0 saturated carbocycles. The molecule has 1 aromatic heterocycles. The van der Waals surface area contributed by atoms with E-state index in [0.717, 1.165) is 17.7 Å². The lowest BCUT2D eigenvalue weighted by Gasteiger charge is -2.11. The number of aromatic nitrogens is 1. The Labute approximate surface area is 157 Å². The van der Waals surface area contributed by atoms with Crippen LogP contribution in [-0.4, -0.2) is 36.5 Å². The number of benzene rings is 1. The minimum atomic E-state index is -0.0983. The molecule has 138 valence electrons. The molecule has 0 radical (unpaired) electrons. The second-order valence-electron chi connectivity index (χ2n) is 6.41. The Bertz CT molecular complexity index is 803. The number of aryl methyl sites for hydroxylation is 2. The van der Waals surface area contributed by atoms with Crippen molar-refractivity contribution in [1.29, 1.82) is 0 Å². The molecule has 1 aromatic carbocycles. The quantitative estimate of drug-likeness (QED) is 0.758.